The minimum atomic E-state index is -0.160. The number of hydrogen-bond donors (Lipinski definition) is 0. The van der Waals surface area contributed by atoms with Crippen LogP contribution in [0.25, 0.3) is 0 Å². The summed E-state index contributed by atoms with van der Waals surface area (Å²) in [5.74, 6) is -0.160. The lowest BCUT2D eigenvalue weighted by atomic mass is 10.1. The van der Waals surface area contributed by atoms with Gasteiger partial charge in [0.05, 0.1) is 6.10 Å². The molecule has 0 heterocycles. The quantitative estimate of drug-likeness (QED) is 0.217. The monoisotopic (exact) mass is 296 g/mol. The Labute approximate surface area is 132 Å². The topological polar surface area (TPSA) is 26.3 Å². The van der Waals surface area contributed by atoms with Gasteiger partial charge in [-0.15, -0.1) is 0 Å². The van der Waals surface area contributed by atoms with E-state index in [1.165, 1.54) is 77.6 Å². The molecule has 0 bridgehead atoms. The summed E-state index contributed by atoms with van der Waals surface area (Å²) in [6, 6.07) is 0. The van der Waals surface area contributed by atoms with Gasteiger partial charge in [-0.1, -0.05) is 64.0 Å². The molecule has 0 fully saturated rings. The van der Waals surface area contributed by atoms with E-state index >= 15 is 0 Å². The van der Waals surface area contributed by atoms with Crippen LogP contribution in [0.5, 0.6) is 0 Å². The summed E-state index contributed by atoms with van der Waals surface area (Å²) >= 11 is 0. The maximum absolute atomic E-state index is 10.8. The highest BCUT2D eigenvalue weighted by Crippen LogP contribution is 2.12. The second kappa shape index (κ2) is 15.6. The van der Waals surface area contributed by atoms with Crippen molar-refractivity contribution in [1.29, 1.82) is 0 Å². The van der Waals surface area contributed by atoms with Gasteiger partial charge in [0, 0.05) is 6.92 Å². The van der Waals surface area contributed by atoms with Gasteiger partial charge in [0.15, 0.2) is 0 Å². The zero-order valence-corrected chi connectivity index (χ0v) is 14.5. The van der Waals surface area contributed by atoms with Gasteiger partial charge in [-0.05, 0) is 39.0 Å². The number of hydrogen-bond acceptors (Lipinski definition) is 2. The lowest BCUT2D eigenvalue weighted by Crippen LogP contribution is -2.11. The Bertz CT molecular complexity index is 258. The second-order valence-electron chi connectivity index (χ2n) is 6.09. The third-order valence-electron chi connectivity index (χ3n) is 3.72. The van der Waals surface area contributed by atoms with Gasteiger partial charge < -0.3 is 4.74 Å². The normalized spacial score (nSPS) is 12.7. The van der Waals surface area contributed by atoms with E-state index in [0.717, 1.165) is 6.42 Å². The Morgan fingerprint density at radius 3 is 2.00 bits per heavy atom. The van der Waals surface area contributed by atoms with Gasteiger partial charge >= 0.3 is 5.97 Å². The fourth-order valence-corrected chi connectivity index (χ4v) is 2.50. The molecular formula is C19H36O2. The van der Waals surface area contributed by atoms with Gasteiger partial charge in [-0.2, -0.15) is 0 Å². The Morgan fingerprint density at radius 2 is 1.43 bits per heavy atom. The van der Waals surface area contributed by atoms with Crippen LogP contribution in [-0.4, -0.2) is 12.1 Å². The molecule has 0 saturated heterocycles. The van der Waals surface area contributed by atoms with E-state index in [1.54, 1.807) is 0 Å². The number of allylic oxidation sites excluding steroid dienone is 2. The van der Waals surface area contributed by atoms with Crippen molar-refractivity contribution in [3.63, 3.8) is 0 Å². The van der Waals surface area contributed by atoms with Crippen LogP contribution in [0.15, 0.2) is 12.2 Å². The summed E-state index contributed by atoms with van der Waals surface area (Å²) in [7, 11) is 0. The predicted octanol–water partition coefficient (Wildman–Crippen LogP) is 6.20. The Kier molecular flexibility index (Phi) is 15.0. The highest BCUT2D eigenvalue weighted by atomic mass is 16.5. The van der Waals surface area contributed by atoms with Crippen molar-refractivity contribution in [3.05, 3.63) is 12.2 Å². The summed E-state index contributed by atoms with van der Waals surface area (Å²) in [6.45, 7) is 5.69. The van der Waals surface area contributed by atoms with Gasteiger partial charge in [0.2, 0.25) is 0 Å². The van der Waals surface area contributed by atoms with Crippen LogP contribution in [0.3, 0.4) is 0 Å². The summed E-state index contributed by atoms with van der Waals surface area (Å²) in [6.07, 6.45) is 20.1. The molecule has 0 rings (SSSR count). The molecule has 0 aliphatic rings. The fourth-order valence-electron chi connectivity index (χ4n) is 2.50. The minimum Gasteiger partial charge on any atom is -0.463 e. The predicted molar refractivity (Wildman–Crippen MR) is 91.4 cm³/mol. The summed E-state index contributed by atoms with van der Waals surface area (Å²) in [5.41, 5.74) is 0. The van der Waals surface area contributed by atoms with Crippen LogP contribution in [0, 0.1) is 0 Å². The molecule has 1 atom stereocenters. The highest BCUT2D eigenvalue weighted by molar-refractivity contribution is 5.66. The van der Waals surface area contributed by atoms with E-state index in [-0.39, 0.29) is 12.1 Å². The molecular weight excluding hydrogens is 260 g/mol. The van der Waals surface area contributed by atoms with E-state index in [2.05, 4.69) is 19.1 Å². The number of unbranched alkanes of at least 4 members (excludes halogenated alkanes) is 9. The van der Waals surface area contributed by atoms with Crippen LogP contribution in [0.4, 0.5) is 0 Å². The Balaban J connectivity index is 3.14. The molecule has 2 nitrogen and oxygen atoms in total. The number of esters is 1. The average molecular weight is 296 g/mol. The molecule has 0 aliphatic heterocycles. The minimum absolute atomic E-state index is 0.0864. The smallest absolute Gasteiger partial charge is 0.302 e. The molecule has 124 valence electrons. The van der Waals surface area contributed by atoms with E-state index < -0.39 is 0 Å². The van der Waals surface area contributed by atoms with Gasteiger partial charge in [-0.3, -0.25) is 4.79 Å². The maximum atomic E-state index is 10.8. The molecule has 0 N–H and O–H groups in total. The summed E-state index contributed by atoms with van der Waals surface area (Å²) < 4.78 is 5.11. The number of rotatable bonds is 14. The van der Waals surface area contributed by atoms with Gasteiger partial charge in [0.1, 0.15) is 0 Å². The first kappa shape index (κ1) is 20.2. The van der Waals surface area contributed by atoms with Crippen molar-refractivity contribution in [2.45, 2.75) is 104 Å². The Morgan fingerprint density at radius 1 is 0.905 bits per heavy atom. The zero-order chi connectivity index (χ0) is 15.8. The van der Waals surface area contributed by atoms with Crippen LogP contribution < -0.4 is 0 Å². The number of carbonyl (C=O) groups is 1. The molecule has 0 aliphatic carbocycles. The van der Waals surface area contributed by atoms with Crippen molar-refractivity contribution < 1.29 is 9.53 Å². The largest absolute Gasteiger partial charge is 0.463 e. The molecule has 0 spiro atoms. The highest BCUT2D eigenvalue weighted by Gasteiger charge is 2.04. The summed E-state index contributed by atoms with van der Waals surface area (Å²) in [5, 5.41) is 0. The lowest BCUT2D eigenvalue weighted by molar-refractivity contribution is -0.145. The molecule has 0 amide bonds. The molecule has 0 aromatic carbocycles. The number of carbonyl (C=O) groups excluding carboxylic acids is 1. The van der Waals surface area contributed by atoms with Crippen LogP contribution in [0.2, 0.25) is 0 Å². The zero-order valence-electron chi connectivity index (χ0n) is 14.5. The number of ether oxygens (including phenoxy) is 1. The first-order valence-electron chi connectivity index (χ1n) is 8.99. The first-order chi connectivity index (χ1) is 10.2. The van der Waals surface area contributed by atoms with E-state index in [4.69, 9.17) is 4.74 Å². The third-order valence-corrected chi connectivity index (χ3v) is 3.72. The average Bonchev–Trinajstić information content (AvgIpc) is 2.43. The van der Waals surface area contributed by atoms with E-state index in [1.807, 2.05) is 6.92 Å². The molecule has 0 aromatic heterocycles. The van der Waals surface area contributed by atoms with Crippen LogP contribution >= 0.6 is 0 Å². The standard InChI is InChI=1S/C19H36O2/c1-4-5-6-7-8-9-10-11-12-13-14-15-16-17-18(2)21-19(3)20/h6-7,18H,4-5,8-17H2,1-3H3/b7-6-. The molecule has 0 saturated carbocycles. The molecule has 0 aromatic rings. The fraction of sp³-hybridized carbons (Fsp3) is 0.842. The molecule has 1 unspecified atom stereocenters. The molecule has 0 radical (unpaired) electrons. The molecule has 21 heavy (non-hydrogen) atoms. The van der Waals surface area contributed by atoms with Crippen molar-refractivity contribution in [3.8, 4) is 0 Å². The van der Waals surface area contributed by atoms with Crippen molar-refractivity contribution in [2.75, 3.05) is 0 Å². The lowest BCUT2D eigenvalue weighted by Gasteiger charge is -2.11. The first-order valence-corrected chi connectivity index (χ1v) is 8.99. The van der Waals surface area contributed by atoms with Gasteiger partial charge in [-0.25, -0.2) is 0 Å². The van der Waals surface area contributed by atoms with Crippen molar-refractivity contribution >= 4 is 5.97 Å². The maximum Gasteiger partial charge on any atom is 0.302 e. The van der Waals surface area contributed by atoms with Crippen molar-refractivity contribution in [2.24, 2.45) is 0 Å². The third kappa shape index (κ3) is 17.2. The van der Waals surface area contributed by atoms with Crippen molar-refractivity contribution in [1.82, 2.24) is 0 Å². The van der Waals surface area contributed by atoms with Crippen LogP contribution in [0.1, 0.15) is 97.8 Å². The van der Waals surface area contributed by atoms with Gasteiger partial charge in [0.25, 0.3) is 0 Å². The SMILES string of the molecule is CCC/C=C\CCCCCCCCCCC(C)OC(C)=O. The van der Waals surface area contributed by atoms with E-state index in [9.17, 15) is 4.79 Å². The second-order valence-corrected chi connectivity index (χ2v) is 6.09. The molecule has 2 heteroatoms. The van der Waals surface area contributed by atoms with E-state index in [0.29, 0.717) is 0 Å². The Hall–Kier alpha value is -0.790. The summed E-state index contributed by atoms with van der Waals surface area (Å²) in [4.78, 5) is 10.8. The van der Waals surface area contributed by atoms with Crippen LogP contribution in [-0.2, 0) is 9.53 Å².